The topological polar surface area (TPSA) is 33.8 Å². The summed E-state index contributed by atoms with van der Waals surface area (Å²) in [5.74, 6) is -0.0987. The summed E-state index contributed by atoms with van der Waals surface area (Å²) in [5, 5.41) is 0.856. The predicted octanol–water partition coefficient (Wildman–Crippen LogP) is 5.89. The average Bonchev–Trinajstić information content (AvgIpc) is 2.75. The summed E-state index contributed by atoms with van der Waals surface area (Å²) in [5.41, 5.74) is 4.65. The Bertz CT molecular complexity index is 1140. The Hall–Kier alpha value is -3.01. The molecule has 0 unspecified atom stereocenters. The Balaban J connectivity index is 1.48. The number of halogens is 2. The van der Waals surface area contributed by atoms with Crippen LogP contribution in [0.4, 0.5) is 0 Å². The van der Waals surface area contributed by atoms with E-state index in [9.17, 15) is 4.79 Å². The van der Waals surface area contributed by atoms with E-state index >= 15 is 0 Å². The Morgan fingerprint density at radius 2 is 1.52 bits per heavy atom. The molecule has 1 aromatic heterocycles. The molecule has 0 aliphatic carbocycles. The molecule has 0 N–H and O–H groups in total. The van der Waals surface area contributed by atoms with Gasteiger partial charge >= 0.3 is 0 Å². The fraction of sp³-hybridized carbons (Fsp3) is 0.0417. The second kappa shape index (κ2) is 8.56. The van der Waals surface area contributed by atoms with Gasteiger partial charge in [0.1, 0.15) is 0 Å². The lowest BCUT2D eigenvalue weighted by Gasteiger charge is -2.04. The van der Waals surface area contributed by atoms with Crippen LogP contribution in [0.5, 0.6) is 0 Å². The molecule has 5 heteroatoms. The third kappa shape index (κ3) is 4.53. The van der Waals surface area contributed by atoms with Crippen LogP contribution in [-0.2, 0) is 6.54 Å². The van der Waals surface area contributed by atoms with E-state index in [1.807, 2.05) is 42.6 Å². The highest BCUT2D eigenvalue weighted by molar-refractivity contribution is 6.36. The number of ketones is 1. The number of benzene rings is 3. The molecule has 0 amide bonds. The van der Waals surface area contributed by atoms with Crippen molar-refractivity contribution in [2.75, 3.05) is 0 Å². The number of aromatic nitrogens is 2. The fourth-order valence-electron chi connectivity index (χ4n) is 3.08. The zero-order valence-corrected chi connectivity index (χ0v) is 16.9. The quantitative estimate of drug-likeness (QED) is 0.298. The van der Waals surface area contributed by atoms with Crippen LogP contribution in [0.15, 0.2) is 91.4 Å². The average molecular weight is 420 g/mol. The number of hydrogen-bond donors (Lipinski definition) is 0. The minimum absolute atomic E-state index is 0.0987. The van der Waals surface area contributed by atoms with Crippen molar-refractivity contribution in [2.45, 2.75) is 6.54 Å². The predicted molar refractivity (Wildman–Crippen MR) is 116 cm³/mol. The molecule has 142 valence electrons. The first-order valence-electron chi connectivity index (χ1n) is 9.09. The third-order valence-corrected chi connectivity index (χ3v) is 5.16. The maximum Gasteiger partial charge on any atom is 0.287 e. The van der Waals surface area contributed by atoms with Crippen LogP contribution < -0.4 is 4.57 Å². The van der Waals surface area contributed by atoms with E-state index in [0.717, 1.165) is 16.8 Å². The summed E-state index contributed by atoms with van der Waals surface area (Å²) >= 11 is 12.0. The van der Waals surface area contributed by atoms with Gasteiger partial charge in [-0.05, 0) is 46.4 Å². The van der Waals surface area contributed by atoms with E-state index in [1.165, 1.54) is 5.56 Å². The largest absolute Gasteiger partial charge is 0.290 e. The second-order valence-corrected chi connectivity index (χ2v) is 7.45. The number of hydrogen-bond acceptors (Lipinski definition) is 2. The Morgan fingerprint density at radius 3 is 2.17 bits per heavy atom. The minimum Gasteiger partial charge on any atom is -0.290 e. The number of carbonyl (C=O) groups is 1. The van der Waals surface area contributed by atoms with Crippen LogP contribution in [0.1, 0.15) is 10.4 Å². The Kier molecular flexibility index (Phi) is 5.70. The highest BCUT2D eigenvalue weighted by Gasteiger charge is 2.15. The molecule has 0 fully saturated rings. The van der Waals surface area contributed by atoms with Crippen LogP contribution in [0.2, 0.25) is 10.0 Å². The van der Waals surface area contributed by atoms with Crippen LogP contribution in [0.3, 0.4) is 0 Å². The SMILES string of the molecule is O=C(C[n+]1ccc(-c2ccc(-c3ccccc3)cc2)nc1)c1ccc(Cl)cc1Cl. The normalized spacial score (nSPS) is 10.7. The maximum absolute atomic E-state index is 12.5. The number of nitrogens with zero attached hydrogens (tertiary/aromatic N) is 2. The van der Waals surface area contributed by atoms with Crippen molar-refractivity contribution in [1.82, 2.24) is 4.98 Å². The Labute approximate surface area is 179 Å². The van der Waals surface area contributed by atoms with E-state index in [2.05, 4.69) is 29.2 Å². The van der Waals surface area contributed by atoms with Gasteiger partial charge in [-0.1, -0.05) is 65.7 Å². The zero-order valence-electron chi connectivity index (χ0n) is 15.4. The molecular formula is C24H17Cl2N2O+. The third-order valence-electron chi connectivity index (χ3n) is 4.61. The summed E-state index contributed by atoms with van der Waals surface area (Å²) in [6.07, 6.45) is 3.50. The summed E-state index contributed by atoms with van der Waals surface area (Å²) in [4.78, 5) is 17.0. The number of carbonyl (C=O) groups excluding carboxylic acids is 1. The molecule has 0 spiro atoms. The fourth-order valence-corrected chi connectivity index (χ4v) is 3.59. The molecule has 0 bridgehead atoms. The van der Waals surface area contributed by atoms with Crippen LogP contribution in [0, 0.1) is 0 Å². The first-order chi connectivity index (χ1) is 14.1. The smallest absolute Gasteiger partial charge is 0.287 e. The first-order valence-corrected chi connectivity index (χ1v) is 9.85. The molecule has 29 heavy (non-hydrogen) atoms. The molecule has 0 aliphatic rings. The maximum atomic E-state index is 12.5. The van der Waals surface area contributed by atoms with E-state index in [4.69, 9.17) is 23.2 Å². The highest BCUT2D eigenvalue weighted by atomic mass is 35.5. The van der Waals surface area contributed by atoms with Gasteiger partial charge in [0.05, 0.1) is 11.2 Å². The lowest BCUT2D eigenvalue weighted by atomic mass is 10.0. The molecule has 0 radical (unpaired) electrons. The van der Waals surface area contributed by atoms with Crippen LogP contribution in [0.25, 0.3) is 22.4 Å². The standard InChI is InChI=1S/C24H17Cl2N2O/c25-20-10-11-21(22(26)14-20)24(29)15-28-13-12-23(27-16-28)19-8-6-18(7-9-19)17-4-2-1-3-5-17/h1-14,16H,15H2/q+1. The van der Waals surface area contributed by atoms with Crippen molar-refractivity contribution in [3.05, 3.63) is 107 Å². The molecule has 4 aromatic rings. The second-order valence-electron chi connectivity index (χ2n) is 6.61. The van der Waals surface area contributed by atoms with Gasteiger partial charge in [0.2, 0.25) is 5.78 Å². The van der Waals surface area contributed by atoms with E-state index in [-0.39, 0.29) is 12.3 Å². The molecule has 0 saturated carbocycles. The molecule has 0 atom stereocenters. The van der Waals surface area contributed by atoms with Crippen LogP contribution >= 0.6 is 23.2 Å². The van der Waals surface area contributed by atoms with Crippen molar-refractivity contribution in [3.63, 3.8) is 0 Å². The Morgan fingerprint density at radius 1 is 0.828 bits per heavy atom. The molecule has 0 saturated heterocycles. The van der Waals surface area contributed by atoms with Gasteiger partial charge in [0.15, 0.2) is 12.2 Å². The zero-order chi connectivity index (χ0) is 20.2. The lowest BCUT2D eigenvalue weighted by Crippen LogP contribution is -2.37. The van der Waals surface area contributed by atoms with Crippen molar-refractivity contribution in [2.24, 2.45) is 0 Å². The molecule has 4 rings (SSSR count). The van der Waals surface area contributed by atoms with Gasteiger partial charge < -0.3 is 0 Å². The van der Waals surface area contributed by atoms with Gasteiger partial charge in [0, 0.05) is 22.2 Å². The van der Waals surface area contributed by atoms with E-state index in [0.29, 0.717) is 15.6 Å². The van der Waals surface area contributed by atoms with Gasteiger partial charge in [-0.2, -0.15) is 0 Å². The molecule has 3 aromatic carbocycles. The summed E-state index contributed by atoms with van der Waals surface area (Å²) < 4.78 is 1.73. The lowest BCUT2D eigenvalue weighted by molar-refractivity contribution is -0.686. The molecule has 3 nitrogen and oxygen atoms in total. The minimum atomic E-state index is -0.0987. The van der Waals surface area contributed by atoms with E-state index < -0.39 is 0 Å². The van der Waals surface area contributed by atoms with Gasteiger partial charge in [-0.3, -0.25) is 4.79 Å². The van der Waals surface area contributed by atoms with E-state index in [1.54, 1.807) is 29.1 Å². The number of rotatable bonds is 5. The van der Waals surface area contributed by atoms with Crippen LogP contribution in [-0.4, -0.2) is 10.8 Å². The molecular weight excluding hydrogens is 403 g/mol. The van der Waals surface area contributed by atoms with Crippen molar-refractivity contribution in [3.8, 4) is 22.4 Å². The molecule has 0 aliphatic heterocycles. The monoisotopic (exact) mass is 419 g/mol. The highest BCUT2D eigenvalue weighted by Crippen LogP contribution is 2.23. The van der Waals surface area contributed by atoms with Gasteiger partial charge in [-0.15, -0.1) is 0 Å². The van der Waals surface area contributed by atoms with Gasteiger partial charge in [-0.25, -0.2) is 4.57 Å². The summed E-state index contributed by atoms with van der Waals surface area (Å²) in [6.45, 7) is 0.154. The van der Waals surface area contributed by atoms with Crippen molar-refractivity contribution >= 4 is 29.0 Å². The number of Topliss-reactive ketones (excluding diaryl/α,β-unsaturated/α-hetero) is 1. The first kappa shape index (κ1) is 19.3. The van der Waals surface area contributed by atoms with Crippen molar-refractivity contribution < 1.29 is 9.36 Å². The summed E-state index contributed by atoms with van der Waals surface area (Å²) in [7, 11) is 0. The van der Waals surface area contributed by atoms with Crippen molar-refractivity contribution in [1.29, 1.82) is 0 Å². The van der Waals surface area contributed by atoms with Gasteiger partial charge in [0.25, 0.3) is 6.33 Å². The molecule has 1 heterocycles. The summed E-state index contributed by atoms with van der Waals surface area (Å²) in [6, 6.07) is 25.3.